The van der Waals surface area contributed by atoms with Gasteiger partial charge < -0.3 is 10.6 Å². The number of aromatic nitrogens is 4. The van der Waals surface area contributed by atoms with Crippen LogP contribution < -0.4 is 15.2 Å². The molecule has 0 spiro atoms. The second-order valence-electron chi connectivity index (χ2n) is 7.09. The number of hydrogen-bond acceptors (Lipinski definition) is 5. The van der Waals surface area contributed by atoms with Gasteiger partial charge in [0.2, 0.25) is 17.2 Å². The molecule has 6 nitrogen and oxygen atoms in total. The number of pyridine rings is 1. The highest BCUT2D eigenvalue weighted by molar-refractivity contribution is 6.28. The number of aryl methyl sites for hydroxylation is 1. The van der Waals surface area contributed by atoms with Gasteiger partial charge in [0, 0.05) is 24.2 Å². The zero-order valence-electron chi connectivity index (χ0n) is 16.4. The molecule has 3 aromatic rings. The number of rotatable bonds is 5. The summed E-state index contributed by atoms with van der Waals surface area (Å²) in [7, 11) is 2.02. The molecular weight excluding hydrogens is 372 g/mol. The Labute approximate surface area is 171 Å². The third kappa shape index (κ3) is 6.46. The minimum Gasteiger partial charge on any atom is -0.352 e. The SMILES string of the molecule is CC(C)Nc1nc(Cl)nc(NC2CC2)n1.C[n+]1ccc(-c2ccccc2)cc1. The van der Waals surface area contributed by atoms with Crippen molar-refractivity contribution >= 4 is 23.5 Å². The van der Waals surface area contributed by atoms with Gasteiger partial charge in [-0.05, 0) is 49.4 Å². The standard InChI is InChI=1S/C12H12N.C9H14ClN5/c1-13-9-7-12(8-10-13)11-5-3-2-4-6-11;1-5(2)11-8-13-7(10)14-9(15-8)12-6-3-4-6/h2-10H,1H3;5-6H,3-4H2,1-2H3,(H2,11,12,13,14,15)/q+1;. The molecule has 0 atom stereocenters. The van der Waals surface area contributed by atoms with E-state index in [4.69, 9.17) is 11.6 Å². The maximum absolute atomic E-state index is 5.80. The van der Waals surface area contributed by atoms with Crippen LogP contribution in [0.25, 0.3) is 11.1 Å². The average molecular weight is 398 g/mol. The van der Waals surface area contributed by atoms with E-state index in [1.54, 1.807) is 0 Å². The summed E-state index contributed by atoms with van der Waals surface area (Å²) in [6.07, 6.45) is 6.47. The van der Waals surface area contributed by atoms with Gasteiger partial charge in [-0.25, -0.2) is 4.57 Å². The molecule has 1 fully saturated rings. The smallest absolute Gasteiger partial charge is 0.229 e. The summed E-state index contributed by atoms with van der Waals surface area (Å²) < 4.78 is 2.03. The highest BCUT2D eigenvalue weighted by Crippen LogP contribution is 2.23. The highest BCUT2D eigenvalue weighted by Gasteiger charge is 2.22. The molecule has 2 N–H and O–H groups in total. The molecule has 0 bridgehead atoms. The van der Waals surface area contributed by atoms with Crippen molar-refractivity contribution in [3.05, 3.63) is 60.1 Å². The van der Waals surface area contributed by atoms with Crippen LogP contribution in [0, 0.1) is 0 Å². The van der Waals surface area contributed by atoms with E-state index < -0.39 is 0 Å². The summed E-state index contributed by atoms with van der Waals surface area (Å²) in [4.78, 5) is 12.2. The fourth-order valence-corrected chi connectivity index (χ4v) is 2.63. The lowest BCUT2D eigenvalue weighted by Crippen LogP contribution is -2.25. The average Bonchev–Trinajstić information content (AvgIpc) is 3.46. The Kier molecular flexibility index (Phi) is 6.76. The Morgan fingerprint density at radius 2 is 1.54 bits per heavy atom. The van der Waals surface area contributed by atoms with E-state index in [9.17, 15) is 0 Å². The van der Waals surface area contributed by atoms with Crippen molar-refractivity contribution in [2.24, 2.45) is 7.05 Å². The van der Waals surface area contributed by atoms with E-state index in [0.29, 0.717) is 17.9 Å². The monoisotopic (exact) mass is 397 g/mol. The van der Waals surface area contributed by atoms with Crippen molar-refractivity contribution in [2.75, 3.05) is 10.6 Å². The third-order valence-corrected chi connectivity index (χ3v) is 4.19. The quantitative estimate of drug-likeness (QED) is 0.634. The van der Waals surface area contributed by atoms with Crippen LogP contribution in [0.2, 0.25) is 5.28 Å². The molecule has 0 radical (unpaired) electrons. The second-order valence-corrected chi connectivity index (χ2v) is 7.43. The molecule has 0 amide bonds. The van der Waals surface area contributed by atoms with E-state index in [2.05, 4.69) is 74.4 Å². The number of nitrogens with one attached hydrogen (secondary N) is 2. The maximum Gasteiger partial charge on any atom is 0.229 e. The maximum atomic E-state index is 5.80. The first-order valence-corrected chi connectivity index (χ1v) is 9.83. The highest BCUT2D eigenvalue weighted by atomic mass is 35.5. The Morgan fingerprint density at radius 3 is 2.14 bits per heavy atom. The van der Waals surface area contributed by atoms with Gasteiger partial charge in [0.25, 0.3) is 0 Å². The molecule has 146 valence electrons. The van der Waals surface area contributed by atoms with Gasteiger partial charge in [-0.1, -0.05) is 30.3 Å². The van der Waals surface area contributed by atoms with E-state index in [1.807, 2.05) is 31.5 Å². The summed E-state index contributed by atoms with van der Waals surface area (Å²) in [6, 6.07) is 15.4. The van der Waals surface area contributed by atoms with Crippen molar-refractivity contribution in [1.29, 1.82) is 0 Å². The lowest BCUT2D eigenvalue weighted by Gasteiger charge is -2.09. The van der Waals surface area contributed by atoms with Crippen LogP contribution in [0.5, 0.6) is 0 Å². The first-order valence-electron chi connectivity index (χ1n) is 9.45. The number of halogens is 1. The zero-order valence-corrected chi connectivity index (χ0v) is 17.2. The van der Waals surface area contributed by atoms with Gasteiger partial charge in [-0.15, -0.1) is 0 Å². The van der Waals surface area contributed by atoms with Crippen molar-refractivity contribution in [3.8, 4) is 11.1 Å². The molecule has 0 saturated heterocycles. The normalized spacial score (nSPS) is 12.9. The molecule has 0 unspecified atom stereocenters. The van der Waals surface area contributed by atoms with E-state index in [-0.39, 0.29) is 11.3 Å². The van der Waals surface area contributed by atoms with E-state index in [0.717, 1.165) is 0 Å². The third-order valence-electron chi connectivity index (χ3n) is 4.02. The van der Waals surface area contributed by atoms with Gasteiger partial charge in [0.1, 0.15) is 7.05 Å². The first-order chi connectivity index (χ1) is 13.5. The predicted octanol–water partition coefficient (Wildman–Crippen LogP) is 4.10. The van der Waals surface area contributed by atoms with Crippen LogP contribution in [0.15, 0.2) is 54.9 Å². The van der Waals surface area contributed by atoms with Gasteiger partial charge >= 0.3 is 0 Å². The molecular formula is C21H26ClN6+. The zero-order chi connectivity index (χ0) is 19.9. The summed E-state index contributed by atoms with van der Waals surface area (Å²) in [5.41, 5.74) is 2.53. The molecule has 2 aromatic heterocycles. The first kappa shape index (κ1) is 20.0. The fourth-order valence-electron chi connectivity index (χ4n) is 2.47. The number of benzene rings is 1. The molecule has 0 aliphatic heterocycles. The van der Waals surface area contributed by atoms with Crippen LogP contribution in [0.4, 0.5) is 11.9 Å². The van der Waals surface area contributed by atoms with Crippen molar-refractivity contribution in [1.82, 2.24) is 15.0 Å². The molecule has 2 heterocycles. The van der Waals surface area contributed by atoms with Gasteiger partial charge in [-0.2, -0.15) is 15.0 Å². The molecule has 1 aliphatic carbocycles. The van der Waals surface area contributed by atoms with Crippen LogP contribution in [-0.2, 0) is 7.05 Å². The van der Waals surface area contributed by atoms with E-state index in [1.165, 1.54) is 24.0 Å². The van der Waals surface area contributed by atoms with Gasteiger partial charge in [-0.3, -0.25) is 0 Å². The minimum absolute atomic E-state index is 0.219. The number of hydrogen-bond donors (Lipinski definition) is 2. The predicted molar refractivity (Wildman–Crippen MR) is 113 cm³/mol. The Hall–Kier alpha value is -2.73. The number of anilines is 2. The Balaban J connectivity index is 0.000000162. The van der Waals surface area contributed by atoms with Crippen LogP contribution in [-0.4, -0.2) is 27.0 Å². The second kappa shape index (κ2) is 9.46. The van der Waals surface area contributed by atoms with Gasteiger partial charge in [0.05, 0.1) is 0 Å². The van der Waals surface area contributed by atoms with Crippen molar-refractivity contribution < 1.29 is 4.57 Å². The van der Waals surface area contributed by atoms with Gasteiger partial charge in [0.15, 0.2) is 12.4 Å². The molecule has 1 aromatic carbocycles. The van der Waals surface area contributed by atoms with Crippen LogP contribution >= 0.6 is 11.6 Å². The summed E-state index contributed by atoms with van der Waals surface area (Å²) in [5.74, 6) is 1.08. The lowest BCUT2D eigenvalue weighted by molar-refractivity contribution is -0.671. The molecule has 28 heavy (non-hydrogen) atoms. The van der Waals surface area contributed by atoms with Crippen molar-refractivity contribution in [3.63, 3.8) is 0 Å². The number of nitrogens with zero attached hydrogens (tertiary/aromatic N) is 4. The molecule has 1 saturated carbocycles. The minimum atomic E-state index is 0.219. The molecule has 1 aliphatic rings. The molecule has 4 rings (SSSR count). The summed E-state index contributed by atoms with van der Waals surface area (Å²) >= 11 is 5.80. The van der Waals surface area contributed by atoms with Crippen LogP contribution in [0.1, 0.15) is 26.7 Å². The summed E-state index contributed by atoms with van der Waals surface area (Å²) in [6.45, 7) is 4.04. The Bertz CT molecular complexity index is 857. The largest absolute Gasteiger partial charge is 0.352 e. The molecule has 7 heteroatoms. The van der Waals surface area contributed by atoms with E-state index >= 15 is 0 Å². The Morgan fingerprint density at radius 1 is 0.929 bits per heavy atom. The topological polar surface area (TPSA) is 66.6 Å². The fraction of sp³-hybridized carbons (Fsp3) is 0.333. The summed E-state index contributed by atoms with van der Waals surface area (Å²) in [5, 5.41) is 6.50. The lowest BCUT2D eigenvalue weighted by atomic mass is 10.1. The van der Waals surface area contributed by atoms with Crippen LogP contribution in [0.3, 0.4) is 0 Å². The van der Waals surface area contributed by atoms with Crippen molar-refractivity contribution in [2.45, 2.75) is 38.8 Å².